The van der Waals surface area contributed by atoms with E-state index in [-0.39, 0.29) is 12.2 Å². The van der Waals surface area contributed by atoms with Crippen molar-refractivity contribution in [1.29, 1.82) is 0 Å². The van der Waals surface area contributed by atoms with Crippen molar-refractivity contribution in [2.75, 3.05) is 6.54 Å². The third kappa shape index (κ3) is 14.4. The van der Waals surface area contributed by atoms with Crippen LogP contribution in [0.25, 0.3) is 0 Å². The minimum absolute atomic E-state index is 0.226. The summed E-state index contributed by atoms with van der Waals surface area (Å²) in [4.78, 5) is 20.3. The number of esters is 1. The molecule has 0 saturated heterocycles. The molecule has 104 valence electrons. The SMILES string of the molecule is C=C(C)C(=O)OC(C)NCCCC.C=CC(=O)O. The van der Waals surface area contributed by atoms with Gasteiger partial charge < -0.3 is 9.84 Å². The molecule has 0 aliphatic heterocycles. The summed E-state index contributed by atoms with van der Waals surface area (Å²) in [5, 5.41) is 10.7. The topological polar surface area (TPSA) is 75.6 Å². The standard InChI is InChI=1S/C10H19NO2.C3H4O2/c1-5-6-7-11-9(4)13-10(12)8(2)3;1-2-3(4)5/h9,11H,2,5-7H2,1,3-4H3;2H,1H2,(H,4,5). The molecule has 5 nitrogen and oxygen atoms in total. The van der Waals surface area contributed by atoms with Gasteiger partial charge in [0.05, 0.1) is 0 Å². The third-order valence-electron chi connectivity index (χ3n) is 1.77. The molecule has 2 N–H and O–H groups in total. The molecule has 0 amide bonds. The number of rotatable bonds is 7. The summed E-state index contributed by atoms with van der Waals surface area (Å²) in [6, 6.07) is 0. The van der Waals surface area contributed by atoms with E-state index in [0.29, 0.717) is 5.57 Å². The van der Waals surface area contributed by atoms with Gasteiger partial charge in [-0.25, -0.2) is 9.59 Å². The lowest BCUT2D eigenvalue weighted by molar-refractivity contribution is -0.144. The maximum absolute atomic E-state index is 11.0. The van der Waals surface area contributed by atoms with E-state index >= 15 is 0 Å². The Labute approximate surface area is 109 Å². The summed E-state index contributed by atoms with van der Waals surface area (Å²) in [6.07, 6.45) is 2.83. The van der Waals surface area contributed by atoms with E-state index in [1.54, 1.807) is 6.92 Å². The lowest BCUT2D eigenvalue weighted by atomic mass is 10.3. The van der Waals surface area contributed by atoms with E-state index in [1.807, 2.05) is 6.92 Å². The maximum Gasteiger partial charge on any atom is 0.334 e. The molecule has 5 heteroatoms. The number of unbranched alkanes of at least 4 members (excludes halogenated alkanes) is 1. The molecule has 1 atom stereocenters. The number of nitrogens with one attached hydrogen (secondary N) is 1. The quantitative estimate of drug-likeness (QED) is 0.316. The molecular weight excluding hydrogens is 234 g/mol. The smallest absolute Gasteiger partial charge is 0.334 e. The van der Waals surface area contributed by atoms with E-state index in [0.717, 1.165) is 25.5 Å². The fourth-order valence-corrected chi connectivity index (χ4v) is 0.785. The van der Waals surface area contributed by atoms with Crippen LogP contribution in [0, 0.1) is 0 Å². The van der Waals surface area contributed by atoms with Gasteiger partial charge in [-0.15, -0.1) is 0 Å². The van der Waals surface area contributed by atoms with Crippen molar-refractivity contribution in [3.05, 3.63) is 24.8 Å². The molecule has 0 heterocycles. The largest absolute Gasteiger partial charge is 0.478 e. The van der Waals surface area contributed by atoms with Gasteiger partial charge in [0.2, 0.25) is 0 Å². The first-order chi connectivity index (χ1) is 8.34. The van der Waals surface area contributed by atoms with Gasteiger partial charge >= 0.3 is 11.9 Å². The predicted molar refractivity (Wildman–Crippen MR) is 71.1 cm³/mol. The van der Waals surface area contributed by atoms with Crippen LogP contribution in [0.4, 0.5) is 0 Å². The summed E-state index contributed by atoms with van der Waals surface area (Å²) in [7, 11) is 0. The Bertz CT molecular complexity index is 287. The number of hydrogen-bond acceptors (Lipinski definition) is 4. The zero-order valence-corrected chi connectivity index (χ0v) is 11.4. The van der Waals surface area contributed by atoms with Crippen LogP contribution in [0.2, 0.25) is 0 Å². The molecule has 0 aromatic rings. The Morgan fingerprint density at radius 1 is 1.50 bits per heavy atom. The minimum Gasteiger partial charge on any atom is -0.478 e. The molecule has 0 bridgehead atoms. The monoisotopic (exact) mass is 257 g/mol. The summed E-state index contributed by atoms with van der Waals surface area (Å²) in [6.45, 7) is 12.9. The molecule has 1 unspecified atom stereocenters. The summed E-state index contributed by atoms with van der Waals surface area (Å²) in [5.41, 5.74) is 0.434. The van der Waals surface area contributed by atoms with Crippen LogP contribution in [0.15, 0.2) is 24.8 Å². The van der Waals surface area contributed by atoms with E-state index in [1.165, 1.54) is 0 Å². The Morgan fingerprint density at radius 3 is 2.33 bits per heavy atom. The molecule has 0 spiro atoms. The highest BCUT2D eigenvalue weighted by Gasteiger charge is 2.07. The van der Waals surface area contributed by atoms with Crippen LogP contribution in [0.3, 0.4) is 0 Å². The molecule has 0 fully saturated rings. The molecule has 0 aromatic heterocycles. The number of carboxylic acid groups (broad SMARTS) is 1. The van der Waals surface area contributed by atoms with Crippen molar-refractivity contribution in [3.63, 3.8) is 0 Å². The average Bonchev–Trinajstić information content (AvgIpc) is 2.29. The lowest BCUT2D eigenvalue weighted by Gasteiger charge is -2.14. The first kappa shape index (κ1) is 18.7. The first-order valence-electron chi connectivity index (χ1n) is 5.80. The summed E-state index contributed by atoms with van der Waals surface area (Å²) >= 11 is 0. The van der Waals surface area contributed by atoms with Gasteiger partial charge in [-0.2, -0.15) is 0 Å². The normalized spacial score (nSPS) is 10.6. The molecule has 0 saturated carbocycles. The average molecular weight is 257 g/mol. The Morgan fingerprint density at radius 2 is 2.00 bits per heavy atom. The van der Waals surface area contributed by atoms with Crippen molar-refractivity contribution in [3.8, 4) is 0 Å². The Kier molecular flexibility index (Phi) is 12.3. The molecule has 0 radical (unpaired) electrons. The van der Waals surface area contributed by atoms with Gasteiger partial charge in [-0.05, 0) is 26.8 Å². The highest BCUT2D eigenvalue weighted by Crippen LogP contribution is 1.96. The zero-order valence-electron chi connectivity index (χ0n) is 11.4. The number of carbonyl (C=O) groups excluding carboxylic acids is 1. The summed E-state index contributed by atoms with van der Waals surface area (Å²) < 4.78 is 5.01. The van der Waals surface area contributed by atoms with Gasteiger partial charge in [0.15, 0.2) is 6.23 Å². The van der Waals surface area contributed by atoms with E-state index in [2.05, 4.69) is 25.4 Å². The van der Waals surface area contributed by atoms with Crippen molar-refractivity contribution in [1.82, 2.24) is 5.32 Å². The highest BCUT2D eigenvalue weighted by molar-refractivity contribution is 5.87. The number of ether oxygens (including phenoxy) is 1. The van der Waals surface area contributed by atoms with Crippen molar-refractivity contribution >= 4 is 11.9 Å². The van der Waals surface area contributed by atoms with Crippen molar-refractivity contribution in [2.45, 2.75) is 39.8 Å². The lowest BCUT2D eigenvalue weighted by Crippen LogP contribution is -2.31. The van der Waals surface area contributed by atoms with Gasteiger partial charge in [0.25, 0.3) is 0 Å². The fourth-order valence-electron chi connectivity index (χ4n) is 0.785. The van der Waals surface area contributed by atoms with Crippen LogP contribution in [0.5, 0.6) is 0 Å². The second-order valence-electron chi connectivity index (χ2n) is 3.68. The van der Waals surface area contributed by atoms with Crippen LogP contribution >= 0.6 is 0 Å². The molecule has 18 heavy (non-hydrogen) atoms. The van der Waals surface area contributed by atoms with Gasteiger partial charge in [0.1, 0.15) is 0 Å². The Balaban J connectivity index is 0. The second-order valence-corrected chi connectivity index (χ2v) is 3.68. The highest BCUT2D eigenvalue weighted by atomic mass is 16.6. The minimum atomic E-state index is -0.981. The number of carboxylic acids is 1. The maximum atomic E-state index is 11.0. The number of hydrogen-bond donors (Lipinski definition) is 2. The van der Waals surface area contributed by atoms with Crippen molar-refractivity contribution in [2.24, 2.45) is 0 Å². The fraction of sp³-hybridized carbons (Fsp3) is 0.538. The molecular formula is C13H23NO4. The molecule has 0 aliphatic carbocycles. The van der Waals surface area contributed by atoms with Crippen LogP contribution < -0.4 is 5.32 Å². The first-order valence-corrected chi connectivity index (χ1v) is 5.80. The van der Waals surface area contributed by atoms with Gasteiger partial charge in [-0.1, -0.05) is 26.5 Å². The number of carbonyl (C=O) groups is 2. The second kappa shape index (κ2) is 11.9. The van der Waals surface area contributed by atoms with Gasteiger partial charge in [0, 0.05) is 11.6 Å². The van der Waals surface area contributed by atoms with E-state index in [4.69, 9.17) is 9.84 Å². The summed E-state index contributed by atoms with van der Waals surface area (Å²) in [5.74, 6) is -1.32. The molecule has 0 aliphatic rings. The number of aliphatic carboxylic acids is 1. The van der Waals surface area contributed by atoms with Crippen molar-refractivity contribution < 1.29 is 19.4 Å². The van der Waals surface area contributed by atoms with Crippen LogP contribution in [-0.4, -0.2) is 29.8 Å². The van der Waals surface area contributed by atoms with Crippen LogP contribution in [-0.2, 0) is 14.3 Å². The zero-order chi connectivity index (χ0) is 14.6. The Hall–Kier alpha value is -1.62. The van der Waals surface area contributed by atoms with Gasteiger partial charge in [-0.3, -0.25) is 5.32 Å². The molecule has 0 rings (SSSR count). The van der Waals surface area contributed by atoms with Crippen LogP contribution in [0.1, 0.15) is 33.6 Å². The molecule has 0 aromatic carbocycles. The van der Waals surface area contributed by atoms with E-state index in [9.17, 15) is 9.59 Å². The predicted octanol–water partition coefficient (Wildman–Crippen LogP) is 2.10. The van der Waals surface area contributed by atoms with E-state index < -0.39 is 5.97 Å². The third-order valence-corrected chi connectivity index (χ3v) is 1.77.